The second-order valence-corrected chi connectivity index (χ2v) is 4.25. The fraction of sp³-hybridized carbons (Fsp3) is 0.0625. The zero-order chi connectivity index (χ0) is 15.8. The van der Waals surface area contributed by atoms with Crippen molar-refractivity contribution < 1.29 is 18.8 Å². The van der Waals surface area contributed by atoms with Gasteiger partial charge in [-0.1, -0.05) is 12.1 Å². The van der Waals surface area contributed by atoms with E-state index in [9.17, 15) is 0 Å². The first-order valence-corrected chi connectivity index (χ1v) is 9.25. The second-order valence-electron chi connectivity index (χ2n) is 4.25. The van der Waals surface area contributed by atoms with Gasteiger partial charge in [-0.05, 0) is 36.4 Å². The van der Waals surface area contributed by atoms with Gasteiger partial charge < -0.3 is 4.98 Å². The zero-order valence-corrected chi connectivity index (χ0v) is 14.8. The molecule has 0 atom stereocenters. The third kappa shape index (κ3) is 4.12. The van der Waals surface area contributed by atoms with E-state index in [4.69, 9.17) is 0 Å². The molecule has 3 rings (SSSR count). The van der Waals surface area contributed by atoms with Crippen molar-refractivity contribution in [3.8, 4) is 22.8 Å². The first-order valence-electron chi connectivity index (χ1n) is 6.43. The van der Waals surface area contributed by atoms with E-state index in [2.05, 4.69) is 29.4 Å². The van der Waals surface area contributed by atoms with E-state index in [1.54, 1.807) is 38.2 Å². The maximum absolute atomic E-state index is 4.64. The second kappa shape index (κ2) is 8.62. The van der Waals surface area contributed by atoms with Crippen LogP contribution in [0.3, 0.4) is 0 Å². The van der Waals surface area contributed by atoms with Crippen molar-refractivity contribution in [2.24, 2.45) is 4.99 Å². The summed E-state index contributed by atoms with van der Waals surface area (Å²) in [5, 5.41) is 0.862. The van der Waals surface area contributed by atoms with Crippen molar-refractivity contribution >= 4 is 9.42 Å². The summed E-state index contributed by atoms with van der Waals surface area (Å²) in [5.74, 6) is 0. The minimum absolute atomic E-state index is 0.800. The van der Waals surface area contributed by atoms with E-state index in [1.807, 2.05) is 48.5 Å². The van der Waals surface area contributed by atoms with Gasteiger partial charge in [-0.3, -0.25) is 15.0 Å². The number of nitrogens with zero attached hydrogens (tertiary/aromatic N) is 4. The van der Waals surface area contributed by atoms with Crippen LogP contribution >= 0.6 is 9.42 Å². The fourth-order valence-electron chi connectivity index (χ4n) is 1.94. The first-order chi connectivity index (χ1) is 10.9. The van der Waals surface area contributed by atoms with Crippen LogP contribution in [0.1, 0.15) is 0 Å². The topological polar surface area (TPSA) is 52.2 Å². The van der Waals surface area contributed by atoms with E-state index < -0.39 is 0 Å². The Morgan fingerprint density at radius 2 is 1.41 bits per heavy atom. The molecule has 0 amide bonds. The van der Waals surface area contributed by atoms with Gasteiger partial charge in [-0.15, -0.1) is 11.4 Å². The quantitative estimate of drug-likeness (QED) is 0.554. The maximum atomic E-state index is 4.64. The molecule has 4 nitrogen and oxygen atoms in total. The predicted octanol–water partition coefficient (Wildman–Crippen LogP) is 2.99. The fourth-order valence-corrected chi connectivity index (χ4v) is 1.94. The Morgan fingerprint density at radius 3 is 1.77 bits per heavy atom. The van der Waals surface area contributed by atoms with Crippen LogP contribution in [-0.2, 0) is 18.8 Å². The Bertz CT molecular complexity index is 712. The molecule has 0 bridgehead atoms. The summed E-state index contributed by atoms with van der Waals surface area (Å²) in [7, 11) is 6.37. The van der Waals surface area contributed by atoms with Crippen LogP contribution in [0.4, 0.5) is 0 Å². The first kappa shape index (κ1) is 16.6. The summed E-state index contributed by atoms with van der Waals surface area (Å²) in [4.78, 5) is 17.6. The van der Waals surface area contributed by atoms with Gasteiger partial charge in [-0.2, -0.15) is 0 Å². The van der Waals surface area contributed by atoms with Gasteiger partial charge >= 0.3 is 28.2 Å². The SMILES string of the molecule is CN=c1cc(-c2ccccn2)[n-]c(-c2ccccn2)c1.[Cl][Pt+]. The number of aromatic nitrogens is 3. The average Bonchev–Trinajstić information content (AvgIpc) is 2.64. The molecule has 6 heteroatoms. The molecule has 3 aromatic heterocycles. The van der Waals surface area contributed by atoms with Gasteiger partial charge in [0.15, 0.2) is 0 Å². The van der Waals surface area contributed by atoms with Crippen LogP contribution < -0.4 is 10.3 Å². The molecule has 0 aromatic carbocycles. The van der Waals surface area contributed by atoms with Crippen LogP contribution in [0.25, 0.3) is 22.8 Å². The summed E-state index contributed by atoms with van der Waals surface area (Å²) in [5.41, 5.74) is 3.26. The molecular weight excluding hydrogens is 479 g/mol. The monoisotopic (exact) mass is 491 g/mol. The van der Waals surface area contributed by atoms with E-state index >= 15 is 0 Å². The molecule has 3 aromatic rings. The normalized spacial score (nSPS) is 9.64. The van der Waals surface area contributed by atoms with Crippen molar-refractivity contribution in [3.63, 3.8) is 0 Å². The summed E-state index contributed by atoms with van der Waals surface area (Å²) in [6.45, 7) is 0. The Morgan fingerprint density at radius 1 is 0.909 bits per heavy atom. The molecule has 0 aliphatic heterocycles. The van der Waals surface area contributed by atoms with Crippen molar-refractivity contribution in [1.82, 2.24) is 15.0 Å². The average molecular weight is 492 g/mol. The van der Waals surface area contributed by atoms with Crippen molar-refractivity contribution in [1.29, 1.82) is 0 Å². The van der Waals surface area contributed by atoms with E-state index in [1.165, 1.54) is 0 Å². The van der Waals surface area contributed by atoms with Crippen LogP contribution in [0.15, 0.2) is 65.9 Å². The molecule has 0 fully saturated rings. The van der Waals surface area contributed by atoms with Gasteiger partial charge in [0.05, 0.1) is 5.36 Å². The molecule has 114 valence electrons. The van der Waals surface area contributed by atoms with E-state index in [0.29, 0.717) is 0 Å². The van der Waals surface area contributed by atoms with Gasteiger partial charge in [-0.25, -0.2) is 0 Å². The Balaban J connectivity index is 0.000000847. The third-order valence-electron chi connectivity index (χ3n) is 2.92. The van der Waals surface area contributed by atoms with Gasteiger partial charge in [0, 0.05) is 30.8 Å². The van der Waals surface area contributed by atoms with Crippen molar-refractivity contribution in [2.75, 3.05) is 7.05 Å². The predicted molar refractivity (Wildman–Crippen MR) is 83.6 cm³/mol. The third-order valence-corrected chi connectivity index (χ3v) is 2.92. The number of halogens is 1. The van der Waals surface area contributed by atoms with E-state index in [0.717, 1.165) is 28.1 Å². The van der Waals surface area contributed by atoms with Gasteiger partial charge in [0.1, 0.15) is 0 Å². The molecule has 0 radical (unpaired) electrons. The van der Waals surface area contributed by atoms with Crippen LogP contribution in [-0.4, -0.2) is 17.0 Å². The number of rotatable bonds is 2. The van der Waals surface area contributed by atoms with Crippen molar-refractivity contribution in [3.05, 3.63) is 66.3 Å². The molecule has 22 heavy (non-hydrogen) atoms. The molecule has 0 saturated heterocycles. The molecule has 0 aliphatic carbocycles. The van der Waals surface area contributed by atoms with Crippen LogP contribution in [0.2, 0.25) is 0 Å². The van der Waals surface area contributed by atoms with Crippen LogP contribution in [0, 0.1) is 0 Å². The van der Waals surface area contributed by atoms with Crippen molar-refractivity contribution in [2.45, 2.75) is 0 Å². The number of pyridine rings is 3. The number of hydrogen-bond acceptors (Lipinski definition) is 3. The Hall–Kier alpha value is -1.77. The van der Waals surface area contributed by atoms with Gasteiger partial charge in [0.2, 0.25) is 0 Å². The molecular formula is C16H13ClN4Pt. The molecule has 3 heterocycles. The van der Waals surface area contributed by atoms with Crippen LogP contribution in [0.5, 0.6) is 0 Å². The summed E-state index contributed by atoms with van der Waals surface area (Å²) >= 11 is 1.61. The van der Waals surface area contributed by atoms with Gasteiger partial charge in [0.25, 0.3) is 0 Å². The zero-order valence-electron chi connectivity index (χ0n) is 11.8. The Kier molecular flexibility index (Phi) is 6.50. The molecule has 0 aliphatic rings. The summed E-state index contributed by atoms with van der Waals surface area (Å²) < 4.78 is 0. The summed E-state index contributed by atoms with van der Waals surface area (Å²) in [6, 6.07) is 15.4. The minimum atomic E-state index is 0.800. The molecule has 0 unspecified atom stereocenters. The van der Waals surface area contributed by atoms with E-state index in [-0.39, 0.29) is 0 Å². The summed E-state index contributed by atoms with van der Waals surface area (Å²) in [6.07, 6.45) is 3.51. The molecule has 0 saturated carbocycles. The molecule has 0 spiro atoms. The molecule has 0 N–H and O–H groups in total. The Labute approximate surface area is 144 Å². The number of hydrogen-bond donors (Lipinski definition) is 0. The standard InChI is InChI=1S/C16H13N4.ClH.Pt/c1-17-12-10-15(13-6-2-4-8-18-13)20-16(11-12)14-7-3-5-9-19-14;;/h2-11H,1H3;1H;/q-1;;+2/p-1.